The first kappa shape index (κ1) is 10.0. The second-order valence-corrected chi connectivity index (χ2v) is 6.73. The lowest BCUT2D eigenvalue weighted by Gasteiger charge is -2.56. The molecule has 0 aliphatic heterocycles. The van der Waals surface area contributed by atoms with E-state index in [1.807, 2.05) is 6.92 Å². The van der Waals surface area contributed by atoms with Crippen molar-refractivity contribution in [2.24, 2.45) is 17.8 Å². The van der Waals surface area contributed by atoms with Crippen LogP contribution in [0.5, 0.6) is 0 Å². The third-order valence-corrected chi connectivity index (χ3v) is 5.17. The lowest BCUT2D eigenvalue weighted by Crippen LogP contribution is -2.54. The Morgan fingerprint density at radius 1 is 1.06 bits per heavy atom. The maximum absolute atomic E-state index is 5.71. The van der Waals surface area contributed by atoms with E-state index in [9.17, 15) is 0 Å². The van der Waals surface area contributed by atoms with E-state index in [1.54, 1.807) is 0 Å². The molecule has 1 N–H and O–H groups in total. The minimum Gasteiger partial charge on any atom is -0.446 e. The van der Waals surface area contributed by atoms with Crippen molar-refractivity contribution in [2.45, 2.75) is 51.0 Å². The van der Waals surface area contributed by atoms with Gasteiger partial charge in [0, 0.05) is 11.6 Å². The summed E-state index contributed by atoms with van der Waals surface area (Å²) in [5, 5.41) is 3.74. The minimum absolute atomic E-state index is 0.374. The van der Waals surface area contributed by atoms with Crippen LogP contribution in [0, 0.1) is 24.7 Å². The van der Waals surface area contributed by atoms with Gasteiger partial charge in [0.1, 0.15) is 5.76 Å². The molecular formula is C15H21NO. The van der Waals surface area contributed by atoms with Gasteiger partial charge in [-0.25, -0.2) is 0 Å². The van der Waals surface area contributed by atoms with Crippen molar-refractivity contribution < 1.29 is 4.42 Å². The fourth-order valence-electron chi connectivity index (χ4n) is 5.03. The van der Waals surface area contributed by atoms with Gasteiger partial charge in [-0.05, 0) is 69.3 Å². The fourth-order valence-corrected chi connectivity index (χ4v) is 5.03. The molecule has 92 valence electrons. The molecule has 0 radical (unpaired) electrons. The van der Waals surface area contributed by atoms with Crippen molar-refractivity contribution in [3.8, 4) is 0 Å². The summed E-state index contributed by atoms with van der Waals surface area (Å²) in [5.41, 5.74) is 0.374. The summed E-state index contributed by atoms with van der Waals surface area (Å²) in [4.78, 5) is 0. The van der Waals surface area contributed by atoms with Crippen molar-refractivity contribution in [3.63, 3.8) is 0 Å². The summed E-state index contributed by atoms with van der Waals surface area (Å²) in [5.74, 6) is 4.97. The minimum atomic E-state index is 0.374. The second-order valence-electron chi connectivity index (χ2n) is 6.73. The van der Waals surface area contributed by atoms with Crippen LogP contribution < -0.4 is 5.32 Å². The molecule has 1 aromatic heterocycles. The van der Waals surface area contributed by atoms with E-state index < -0.39 is 0 Å². The van der Waals surface area contributed by atoms with Crippen LogP contribution in [0.3, 0.4) is 0 Å². The Morgan fingerprint density at radius 3 is 2.12 bits per heavy atom. The predicted octanol–water partition coefficient (Wildman–Crippen LogP) is 3.97. The van der Waals surface area contributed by atoms with Crippen molar-refractivity contribution in [3.05, 3.63) is 17.9 Å². The molecule has 4 fully saturated rings. The first-order chi connectivity index (χ1) is 8.21. The van der Waals surface area contributed by atoms with Crippen molar-refractivity contribution in [1.82, 2.24) is 0 Å². The number of furan rings is 1. The molecule has 0 aromatic carbocycles. The molecule has 4 aliphatic carbocycles. The molecule has 0 amide bonds. The molecule has 1 aromatic rings. The van der Waals surface area contributed by atoms with Gasteiger partial charge < -0.3 is 9.73 Å². The van der Waals surface area contributed by atoms with Crippen LogP contribution >= 0.6 is 0 Å². The molecule has 0 saturated heterocycles. The van der Waals surface area contributed by atoms with Crippen molar-refractivity contribution in [2.75, 3.05) is 5.32 Å². The van der Waals surface area contributed by atoms with Gasteiger partial charge in [0.05, 0.1) is 0 Å². The van der Waals surface area contributed by atoms with E-state index in [0.29, 0.717) is 5.54 Å². The molecule has 4 aliphatic rings. The molecular weight excluding hydrogens is 210 g/mol. The zero-order valence-corrected chi connectivity index (χ0v) is 10.5. The number of anilines is 1. The highest BCUT2D eigenvalue weighted by Gasteiger charge is 2.51. The Balaban J connectivity index is 1.60. The summed E-state index contributed by atoms with van der Waals surface area (Å²) in [6.45, 7) is 2.02. The summed E-state index contributed by atoms with van der Waals surface area (Å²) in [7, 11) is 0. The lowest BCUT2D eigenvalue weighted by atomic mass is 9.53. The Bertz CT molecular complexity index is 399. The van der Waals surface area contributed by atoms with E-state index in [-0.39, 0.29) is 0 Å². The first-order valence-electron chi connectivity index (χ1n) is 7.05. The zero-order chi connectivity index (χ0) is 11.5. The third kappa shape index (κ3) is 1.61. The van der Waals surface area contributed by atoms with Gasteiger partial charge in [0.2, 0.25) is 0 Å². The number of hydrogen-bond donors (Lipinski definition) is 1. The van der Waals surface area contributed by atoms with Gasteiger partial charge in [0.15, 0.2) is 5.88 Å². The Morgan fingerprint density at radius 2 is 1.65 bits per heavy atom. The molecule has 5 rings (SSSR count). The van der Waals surface area contributed by atoms with Crippen LogP contribution in [0.1, 0.15) is 44.3 Å². The van der Waals surface area contributed by atoms with Crippen LogP contribution in [0.15, 0.2) is 16.5 Å². The monoisotopic (exact) mass is 231 g/mol. The largest absolute Gasteiger partial charge is 0.446 e. The number of hydrogen-bond acceptors (Lipinski definition) is 2. The van der Waals surface area contributed by atoms with Gasteiger partial charge in [-0.2, -0.15) is 0 Å². The van der Waals surface area contributed by atoms with Crippen molar-refractivity contribution in [1.29, 1.82) is 0 Å². The van der Waals surface area contributed by atoms with E-state index in [2.05, 4.69) is 17.4 Å². The van der Waals surface area contributed by atoms with Gasteiger partial charge in [-0.1, -0.05) is 0 Å². The number of aryl methyl sites for hydroxylation is 1. The summed E-state index contributed by atoms with van der Waals surface area (Å²) < 4.78 is 5.71. The summed E-state index contributed by atoms with van der Waals surface area (Å²) >= 11 is 0. The average Bonchev–Trinajstić information content (AvgIpc) is 2.60. The molecule has 17 heavy (non-hydrogen) atoms. The maximum Gasteiger partial charge on any atom is 0.193 e. The van der Waals surface area contributed by atoms with Gasteiger partial charge in [0.25, 0.3) is 0 Å². The summed E-state index contributed by atoms with van der Waals surface area (Å²) in [6, 6.07) is 4.15. The van der Waals surface area contributed by atoms with Gasteiger partial charge in [-0.15, -0.1) is 0 Å². The topological polar surface area (TPSA) is 25.2 Å². The SMILES string of the molecule is Cc1ccc(NC23CC4CC(CC(C4)C2)C3)o1. The fraction of sp³-hybridized carbons (Fsp3) is 0.733. The first-order valence-corrected chi connectivity index (χ1v) is 7.05. The highest BCUT2D eigenvalue weighted by Crippen LogP contribution is 2.56. The Kier molecular flexibility index (Phi) is 1.95. The van der Waals surface area contributed by atoms with Crippen LogP contribution in [0.25, 0.3) is 0 Å². The zero-order valence-electron chi connectivity index (χ0n) is 10.5. The van der Waals surface area contributed by atoms with Crippen LogP contribution in [0.2, 0.25) is 0 Å². The average molecular weight is 231 g/mol. The highest BCUT2D eigenvalue weighted by atomic mass is 16.4. The number of nitrogens with one attached hydrogen (secondary N) is 1. The molecule has 0 atom stereocenters. The van der Waals surface area contributed by atoms with Crippen LogP contribution in [-0.4, -0.2) is 5.54 Å². The molecule has 4 saturated carbocycles. The third-order valence-electron chi connectivity index (χ3n) is 5.17. The van der Waals surface area contributed by atoms with E-state index in [4.69, 9.17) is 4.42 Å². The molecule has 0 spiro atoms. The van der Waals surface area contributed by atoms with Gasteiger partial charge >= 0.3 is 0 Å². The standard InChI is InChI=1S/C15H21NO/c1-10-2-3-14(17-10)16-15-7-11-4-12(8-15)6-13(5-11)9-15/h2-3,11-13,16H,4-9H2,1H3. The normalized spacial score (nSPS) is 43.0. The Hall–Kier alpha value is -0.920. The second kappa shape index (κ2) is 3.30. The van der Waals surface area contributed by atoms with Gasteiger partial charge in [-0.3, -0.25) is 0 Å². The van der Waals surface area contributed by atoms with E-state index in [1.165, 1.54) is 38.5 Å². The number of rotatable bonds is 2. The lowest BCUT2D eigenvalue weighted by molar-refractivity contribution is 0.00982. The van der Waals surface area contributed by atoms with E-state index in [0.717, 1.165) is 29.4 Å². The molecule has 1 heterocycles. The van der Waals surface area contributed by atoms with Crippen molar-refractivity contribution >= 4 is 5.88 Å². The molecule has 2 nitrogen and oxygen atoms in total. The maximum atomic E-state index is 5.71. The highest BCUT2D eigenvalue weighted by molar-refractivity contribution is 5.37. The Labute approximate surface area is 103 Å². The quantitative estimate of drug-likeness (QED) is 0.833. The predicted molar refractivity (Wildman–Crippen MR) is 68.0 cm³/mol. The van der Waals surface area contributed by atoms with Crippen LogP contribution in [-0.2, 0) is 0 Å². The smallest absolute Gasteiger partial charge is 0.193 e. The molecule has 4 bridgehead atoms. The molecule has 0 unspecified atom stereocenters. The van der Waals surface area contributed by atoms with Crippen LogP contribution in [0.4, 0.5) is 5.88 Å². The van der Waals surface area contributed by atoms with E-state index >= 15 is 0 Å². The summed E-state index contributed by atoms with van der Waals surface area (Å²) in [6.07, 6.45) is 8.62. The molecule has 2 heteroatoms.